The molecule has 2 saturated heterocycles. The first kappa shape index (κ1) is 14.2. The average Bonchev–Trinajstić information content (AvgIpc) is 3.01. The predicted molar refractivity (Wildman–Crippen MR) is 80.7 cm³/mol. The van der Waals surface area contributed by atoms with Gasteiger partial charge in [0.2, 0.25) is 15.9 Å². The zero-order valence-corrected chi connectivity index (χ0v) is 13.4. The number of rotatable bonds is 3. The van der Waals surface area contributed by atoms with E-state index in [-0.39, 0.29) is 11.2 Å². The van der Waals surface area contributed by atoms with Crippen LogP contribution in [0.1, 0.15) is 25.7 Å². The molecule has 0 bridgehead atoms. The summed E-state index contributed by atoms with van der Waals surface area (Å²) in [6.45, 7) is 1.47. The van der Waals surface area contributed by atoms with Crippen LogP contribution in [0.15, 0.2) is 12.4 Å². The summed E-state index contributed by atoms with van der Waals surface area (Å²) < 4.78 is 28.0. The van der Waals surface area contributed by atoms with E-state index in [1.54, 1.807) is 20.1 Å². The van der Waals surface area contributed by atoms with Crippen LogP contribution in [-0.2, 0) is 21.9 Å². The Morgan fingerprint density at radius 2 is 2.00 bits per heavy atom. The third kappa shape index (κ3) is 2.00. The fourth-order valence-corrected chi connectivity index (χ4v) is 5.55. The summed E-state index contributed by atoms with van der Waals surface area (Å²) in [5.74, 6) is 0.0500. The van der Waals surface area contributed by atoms with Crippen molar-refractivity contribution in [2.75, 3.05) is 24.5 Å². The molecule has 3 aliphatic rings. The van der Waals surface area contributed by atoms with Crippen molar-refractivity contribution in [2.24, 2.45) is 12.5 Å². The van der Waals surface area contributed by atoms with Crippen molar-refractivity contribution in [3.63, 3.8) is 0 Å². The Labute approximate surface area is 129 Å². The number of nitrogens with zero attached hydrogens (tertiary/aromatic N) is 4. The minimum Gasteiger partial charge on any atom is -0.309 e. The number of amides is 1. The summed E-state index contributed by atoms with van der Waals surface area (Å²) >= 11 is 0. The third-order valence-corrected chi connectivity index (χ3v) is 7.49. The largest absolute Gasteiger partial charge is 0.309 e. The Balaban J connectivity index is 1.55. The van der Waals surface area contributed by atoms with Crippen molar-refractivity contribution in [1.29, 1.82) is 0 Å². The van der Waals surface area contributed by atoms with E-state index in [4.69, 9.17) is 0 Å². The van der Waals surface area contributed by atoms with Gasteiger partial charge in [-0.15, -0.1) is 0 Å². The summed E-state index contributed by atoms with van der Waals surface area (Å²) in [6, 6.07) is 0. The molecule has 1 amide bonds. The summed E-state index contributed by atoms with van der Waals surface area (Å²) in [5.41, 5.74) is 0.269. The molecule has 1 atom stereocenters. The highest BCUT2D eigenvalue weighted by molar-refractivity contribution is 7.90. The van der Waals surface area contributed by atoms with Gasteiger partial charge in [0.25, 0.3) is 0 Å². The van der Waals surface area contributed by atoms with Crippen molar-refractivity contribution in [2.45, 2.75) is 30.9 Å². The summed E-state index contributed by atoms with van der Waals surface area (Å²) in [7, 11) is -1.37. The molecule has 22 heavy (non-hydrogen) atoms. The molecule has 1 aliphatic carbocycles. The Morgan fingerprint density at radius 1 is 1.27 bits per heavy atom. The molecule has 3 heterocycles. The zero-order valence-electron chi connectivity index (χ0n) is 12.6. The lowest BCUT2D eigenvalue weighted by Crippen LogP contribution is -2.39. The first-order valence-corrected chi connectivity index (χ1v) is 9.22. The highest BCUT2D eigenvalue weighted by Gasteiger charge is 2.55. The topological polar surface area (TPSA) is 75.5 Å². The molecule has 7 nitrogen and oxygen atoms in total. The molecular formula is C14H20N4O3S. The van der Waals surface area contributed by atoms with Gasteiger partial charge in [-0.2, -0.15) is 5.10 Å². The molecule has 0 radical (unpaired) electrons. The Kier molecular flexibility index (Phi) is 2.93. The van der Waals surface area contributed by atoms with Crippen LogP contribution in [0.2, 0.25) is 0 Å². The van der Waals surface area contributed by atoms with Crippen LogP contribution >= 0.6 is 0 Å². The summed E-state index contributed by atoms with van der Waals surface area (Å²) in [4.78, 5) is 14.6. The van der Waals surface area contributed by atoms with Gasteiger partial charge in [0.1, 0.15) is 0 Å². The van der Waals surface area contributed by atoms with Gasteiger partial charge < -0.3 is 4.90 Å². The molecule has 2 aliphatic heterocycles. The summed E-state index contributed by atoms with van der Waals surface area (Å²) in [5, 5.41) is 3.91. The lowest BCUT2D eigenvalue weighted by Gasteiger charge is -2.23. The van der Waals surface area contributed by atoms with Gasteiger partial charge in [-0.05, 0) is 25.7 Å². The highest BCUT2D eigenvalue weighted by atomic mass is 32.2. The van der Waals surface area contributed by atoms with E-state index in [0.717, 1.165) is 24.9 Å². The van der Waals surface area contributed by atoms with E-state index in [1.165, 1.54) is 0 Å². The predicted octanol–water partition coefficient (Wildman–Crippen LogP) is 0.341. The number of hydrogen-bond donors (Lipinski definition) is 0. The number of aromatic nitrogens is 2. The third-order valence-electron chi connectivity index (χ3n) is 5.14. The molecule has 1 aromatic heterocycles. The van der Waals surface area contributed by atoms with Crippen molar-refractivity contribution >= 4 is 21.6 Å². The van der Waals surface area contributed by atoms with Gasteiger partial charge in [-0.1, -0.05) is 0 Å². The SMILES string of the molecule is Cn1cc(N2CC[C@]3(CCN(S(=O)(=O)C4CC4)C3)C2=O)cn1. The number of sulfonamides is 1. The minimum atomic E-state index is -3.18. The van der Waals surface area contributed by atoms with Crippen LogP contribution in [0.3, 0.4) is 0 Å². The van der Waals surface area contributed by atoms with Gasteiger partial charge in [0.15, 0.2) is 0 Å². The number of hydrogen-bond acceptors (Lipinski definition) is 4. The van der Waals surface area contributed by atoms with Crippen LogP contribution < -0.4 is 4.90 Å². The minimum absolute atomic E-state index is 0.0500. The Bertz CT molecular complexity index is 724. The molecular weight excluding hydrogens is 304 g/mol. The van der Waals surface area contributed by atoms with E-state index in [1.807, 2.05) is 13.2 Å². The zero-order chi connectivity index (χ0) is 15.5. The van der Waals surface area contributed by atoms with Crippen LogP contribution in [0.5, 0.6) is 0 Å². The van der Waals surface area contributed by atoms with Gasteiger partial charge in [-0.3, -0.25) is 9.48 Å². The molecule has 1 aromatic rings. The standard InChI is InChI=1S/C14H20N4O3S/c1-16-9-11(8-15-16)18-7-5-14(13(18)19)4-6-17(10-14)22(20,21)12-2-3-12/h8-9,12H,2-7,10H2,1H3/t14-/m0/s1. The normalized spacial score (nSPS) is 29.9. The highest BCUT2D eigenvalue weighted by Crippen LogP contribution is 2.44. The quantitative estimate of drug-likeness (QED) is 0.803. The molecule has 8 heteroatoms. The van der Waals surface area contributed by atoms with Crippen LogP contribution in [0.4, 0.5) is 5.69 Å². The number of carbonyl (C=O) groups is 1. The Morgan fingerprint density at radius 3 is 2.64 bits per heavy atom. The number of aryl methyl sites for hydroxylation is 1. The van der Waals surface area contributed by atoms with Gasteiger partial charge in [-0.25, -0.2) is 12.7 Å². The van der Waals surface area contributed by atoms with Crippen LogP contribution in [-0.4, -0.2) is 53.3 Å². The fourth-order valence-electron chi connectivity index (χ4n) is 3.62. The number of carbonyl (C=O) groups excluding carboxylic acids is 1. The molecule has 0 unspecified atom stereocenters. The molecule has 4 rings (SSSR count). The second kappa shape index (κ2) is 4.55. The second-order valence-corrected chi connectivity index (χ2v) is 8.90. The van der Waals surface area contributed by atoms with Gasteiger partial charge in [0, 0.05) is 32.9 Å². The molecule has 0 N–H and O–H groups in total. The van der Waals surface area contributed by atoms with E-state index < -0.39 is 15.4 Å². The average molecular weight is 324 g/mol. The molecule has 1 saturated carbocycles. The van der Waals surface area contributed by atoms with Crippen molar-refractivity contribution in [3.8, 4) is 0 Å². The lowest BCUT2D eigenvalue weighted by atomic mass is 9.86. The van der Waals surface area contributed by atoms with E-state index in [9.17, 15) is 13.2 Å². The van der Waals surface area contributed by atoms with Gasteiger partial charge in [0.05, 0.1) is 22.5 Å². The van der Waals surface area contributed by atoms with E-state index >= 15 is 0 Å². The van der Waals surface area contributed by atoms with Crippen molar-refractivity contribution in [3.05, 3.63) is 12.4 Å². The fraction of sp³-hybridized carbons (Fsp3) is 0.714. The number of anilines is 1. The molecule has 0 aromatic carbocycles. The monoisotopic (exact) mass is 324 g/mol. The summed E-state index contributed by atoms with van der Waals surface area (Å²) in [6.07, 6.45) is 6.39. The molecule has 1 spiro atoms. The van der Waals surface area contributed by atoms with E-state index in [0.29, 0.717) is 26.1 Å². The van der Waals surface area contributed by atoms with Crippen molar-refractivity contribution in [1.82, 2.24) is 14.1 Å². The first-order chi connectivity index (χ1) is 10.4. The smallest absolute Gasteiger partial charge is 0.234 e. The van der Waals surface area contributed by atoms with Gasteiger partial charge >= 0.3 is 0 Å². The molecule has 3 fully saturated rings. The maximum absolute atomic E-state index is 12.9. The van der Waals surface area contributed by atoms with E-state index in [2.05, 4.69) is 5.10 Å². The van der Waals surface area contributed by atoms with Crippen molar-refractivity contribution < 1.29 is 13.2 Å². The second-order valence-electron chi connectivity index (χ2n) is 6.69. The van der Waals surface area contributed by atoms with Crippen LogP contribution in [0, 0.1) is 5.41 Å². The maximum Gasteiger partial charge on any atom is 0.234 e. The first-order valence-electron chi connectivity index (χ1n) is 7.72. The molecule has 120 valence electrons. The maximum atomic E-state index is 12.9. The Hall–Kier alpha value is -1.41. The lowest BCUT2D eigenvalue weighted by molar-refractivity contribution is -0.124. The van der Waals surface area contributed by atoms with Crippen LogP contribution in [0.25, 0.3) is 0 Å².